The van der Waals surface area contributed by atoms with Gasteiger partial charge in [-0.25, -0.2) is 8.42 Å². The summed E-state index contributed by atoms with van der Waals surface area (Å²) in [6.45, 7) is 2.62. The first kappa shape index (κ1) is 12.5. The molecule has 0 saturated heterocycles. The Labute approximate surface area is 111 Å². The van der Waals surface area contributed by atoms with E-state index in [-0.39, 0.29) is 22.0 Å². The third kappa shape index (κ3) is 2.00. The Kier molecular flexibility index (Phi) is 2.78. The number of rotatable bonds is 0. The highest BCUT2D eigenvalue weighted by Crippen LogP contribution is 2.38. The van der Waals surface area contributed by atoms with Crippen molar-refractivity contribution in [1.29, 1.82) is 0 Å². The highest BCUT2D eigenvalue weighted by molar-refractivity contribution is 7.91. The minimum absolute atomic E-state index is 0.0693. The molecule has 1 aromatic carbocycles. The van der Waals surface area contributed by atoms with Crippen LogP contribution in [0.2, 0.25) is 0 Å². The first-order chi connectivity index (χ1) is 8.99. The van der Waals surface area contributed by atoms with Crippen LogP contribution in [-0.2, 0) is 9.84 Å². The number of Topliss-reactive ketones (excluding diaryl/α,β-unsaturated/α-hetero) is 1. The highest BCUT2D eigenvalue weighted by atomic mass is 32.2. The topological polar surface area (TPSA) is 69.7 Å². The van der Waals surface area contributed by atoms with Crippen LogP contribution in [0.1, 0.15) is 23.7 Å². The van der Waals surface area contributed by atoms with Gasteiger partial charge in [-0.15, -0.1) is 0 Å². The summed E-state index contributed by atoms with van der Waals surface area (Å²) in [4.78, 5) is 12.2. The molecule has 0 aliphatic carbocycles. The summed E-state index contributed by atoms with van der Waals surface area (Å²) in [6, 6.07) is 2.93. The van der Waals surface area contributed by atoms with Gasteiger partial charge in [-0.05, 0) is 6.07 Å². The van der Waals surface area contributed by atoms with Gasteiger partial charge in [0.1, 0.15) is 0 Å². The second kappa shape index (κ2) is 4.23. The van der Waals surface area contributed by atoms with Gasteiger partial charge < -0.3 is 9.47 Å². The van der Waals surface area contributed by atoms with Crippen molar-refractivity contribution in [3.8, 4) is 11.5 Å². The molecule has 0 fully saturated rings. The van der Waals surface area contributed by atoms with Crippen LogP contribution in [0.3, 0.4) is 0 Å². The van der Waals surface area contributed by atoms with Crippen molar-refractivity contribution in [2.45, 2.75) is 18.2 Å². The van der Waals surface area contributed by atoms with Crippen molar-refractivity contribution in [3.63, 3.8) is 0 Å². The number of carbonyl (C=O) groups excluding carboxylic acids is 1. The summed E-state index contributed by atoms with van der Waals surface area (Å²) in [5.41, 5.74) is 0.225. The lowest BCUT2D eigenvalue weighted by Gasteiger charge is -2.22. The smallest absolute Gasteiger partial charge is 0.179 e. The van der Waals surface area contributed by atoms with E-state index in [0.717, 1.165) is 6.42 Å². The molecule has 0 bridgehead atoms. The number of ether oxygens (including phenoxy) is 2. The molecule has 5 nitrogen and oxygen atoms in total. The molecule has 1 atom stereocenters. The van der Waals surface area contributed by atoms with Crippen molar-refractivity contribution in [2.75, 3.05) is 19.0 Å². The Hall–Kier alpha value is -1.56. The predicted molar refractivity (Wildman–Crippen MR) is 67.6 cm³/mol. The van der Waals surface area contributed by atoms with E-state index in [0.29, 0.717) is 24.7 Å². The van der Waals surface area contributed by atoms with Crippen LogP contribution in [0, 0.1) is 5.92 Å². The molecule has 1 aromatic rings. The zero-order valence-electron chi connectivity index (χ0n) is 10.5. The third-order valence-electron chi connectivity index (χ3n) is 3.37. The molecule has 19 heavy (non-hydrogen) atoms. The fourth-order valence-corrected chi connectivity index (χ4v) is 4.17. The van der Waals surface area contributed by atoms with E-state index in [1.54, 1.807) is 6.92 Å². The summed E-state index contributed by atoms with van der Waals surface area (Å²) in [6.07, 6.45) is 0.733. The van der Waals surface area contributed by atoms with E-state index >= 15 is 0 Å². The first-order valence-corrected chi connectivity index (χ1v) is 7.85. The Morgan fingerprint density at radius 1 is 1.16 bits per heavy atom. The summed E-state index contributed by atoms with van der Waals surface area (Å²) in [7, 11) is -3.43. The van der Waals surface area contributed by atoms with E-state index in [9.17, 15) is 13.2 Å². The predicted octanol–water partition coefficient (Wildman–Crippen LogP) is 1.45. The molecule has 0 amide bonds. The molecule has 2 aliphatic heterocycles. The molecule has 3 rings (SSSR count). The van der Waals surface area contributed by atoms with Crippen LogP contribution in [0.5, 0.6) is 11.5 Å². The number of hydrogen-bond donors (Lipinski definition) is 0. The minimum Gasteiger partial charge on any atom is -0.490 e. The monoisotopic (exact) mass is 282 g/mol. The molecule has 0 spiro atoms. The van der Waals surface area contributed by atoms with Crippen molar-refractivity contribution in [3.05, 3.63) is 17.7 Å². The quantitative estimate of drug-likeness (QED) is 0.720. The third-order valence-corrected chi connectivity index (χ3v) is 5.31. The molecule has 0 radical (unpaired) electrons. The average molecular weight is 282 g/mol. The standard InChI is InChI=1S/C13H14O5S/c1-8-7-19(15,16)12-6-11-10(5-9(12)13(8)14)17-3-2-4-18-11/h5-6,8H,2-4,7H2,1H3. The summed E-state index contributed by atoms with van der Waals surface area (Å²) < 4.78 is 35.3. The van der Waals surface area contributed by atoms with Gasteiger partial charge in [0.25, 0.3) is 0 Å². The largest absolute Gasteiger partial charge is 0.490 e. The van der Waals surface area contributed by atoms with Gasteiger partial charge in [0, 0.05) is 24.0 Å². The molecule has 102 valence electrons. The van der Waals surface area contributed by atoms with Gasteiger partial charge >= 0.3 is 0 Å². The molecule has 1 unspecified atom stereocenters. The molecular formula is C13H14O5S. The molecular weight excluding hydrogens is 268 g/mol. The van der Waals surface area contributed by atoms with E-state index < -0.39 is 15.8 Å². The summed E-state index contributed by atoms with van der Waals surface area (Å²) >= 11 is 0. The van der Waals surface area contributed by atoms with Gasteiger partial charge in [-0.2, -0.15) is 0 Å². The molecule has 0 aromatic heterocycles. The fraction of sp³-hybridized carbons (Fsp3) is 0.462. The average Bonchev–Trinajstić information content (AvgIpc) is 2.58. The Bertz CT molecular complexity index is 647. The lowest BCUT2D eigenvalue weighted by atomic mass is 10.00. The van der Waals surface area contributed by atoms with Crippen LogP contribution < -0.4 is 9.47 Å². The van der Waals surface area contributed by atoms with Crippen LogP contribution in [0.15, 0.2) is 17.0 Å². The zero-order valence-corrected chi connectivity index (χ0v) is 11.3. The Morgan fingerprint density at radius 3 is 2.47 bits per heavy atom. The van der Waals surface area contributed by atoms with Gasteiger partial charge in [0.2, 0.25) is 0 Å². The summed E-state index contributed by atoms with van der Waals surface area (Å²) in [5, 5.41) is 0. The lowest BCUT2D eigenvalue weighted by Crippen LogP contribution is -2.29. The van der Waals surface area contributed by atoms with Crippen molar-refractivity contribution < 1.29 is 22.7 Å². The van der Waals surface area contributed by atoms with E-state index in [4.69, 9.17) is 9.47 Å². The molecule has 0 N–H and O–H groups in total. The number of ketones is 1. The van der Waals surface area contributed by atoms with Crippen LogP contribution in [0.25, 0.3) is 0 Å². The Morgan fingerprint density at radius 2 is 1.79 bits per heavy atom. The fourth-order valence-electron chi connectivity index (χ4n) is 2.40. The van der Waals surface area contributed by atoms with Crippen LogP contribution >= 0.6 is 0 Å². The van der Waals surface area contributed by atoms with Gasteiger partial charge in [0.05, 0.1) is 23.9 Å². The van der Waals surface area contributed by atoms with Gasteiger partial charge in [0.15, 0.2) is 27.1 Å². The first-order valence-electron chi connectivity index (χ1n) is 6.19. The molecule has 6 heteroatoms. The zero-order chi connectivity index (χ0) is 13.6. The van der Waals surface area contributed by atoms with E-state index in [2.05, 4.69) is 0 Å². The van der Waals surface area contributed by atoms with Crippen molar-refractivity contribution >= 4 is 15.6 Å². The maximum absolute atomic E-state index is 12.2. The van der Waals surface area contributed by atoms with Crippen molar-refractivity contribution in [2.24, 2.45) is 5.92 Å². The van der Waals surface area contributed by atoms with Gasteiger partial charge in [-0.1, -0.05) is 6.92 Å². The summed E-state index contributed by atoms with van der Waals surface area (Å²) in [5.74, 6) is 0.0529. The SMILES string of the molecule is CC1CS(=O)(=O)c2cc3c(cc2C1=O)OCCCO3. The Balaban J connectivity index is 2.22. The maximum Gasteiger partial charge on any atom is 0.179 e. The van der Waals surface area contributed by atoms with Crippen LogP contribution in [-0.4, -0.2) is 33.2 Å². The number of hydrogen-bond acceptors (Lipinski definition) is 5. The molecule has 0 saturated carbocycles. The van der Waals surface area contributed by atoms with Gasteiger partial charge in [-0.3, -0.25) is 4.79 Å². The van der Waals surface area contributed by atoms with Crippen molar-refractivity contribution in [1.82, 2.24) is 0 Å². The number of fused-ring (bicyclic) bond motifs is 2. The van der Waals surface area contributed by atoms with E-state index in [1.807, 2.05) is 0 Å². The van der Waals surface area contributed by atoms with Crippen LogP contribution in [0.4, 0.5) is 0 Å². The maximum atomic E-state index is 12.2. The lowest BCUT2D eigenvalue weighted by molar-refractivity contribution is 0.0933. The molecule has 2 heterocycles. The minimum atomic E-state index is -3.43. The second-order valence-corrected chi connectivity index (χ2v) is 6.89. The number of carbonyl (C=O) groups is 1. The number of benzene rings is 1. The second-order valence-electron chi connectivity index (χ2n) is 4.89. The molecule has 2 aliphatic rings. The normalized spacial score (nSPS) is 24.5. The number of sulfone groups is 1. The van der Waals surface area contributed by atoms with E-state index in [1.165, 1.54) is 12.1 Å². The highest BCUT2D eigenvalue weighted by Gasteiger charge is 2.36.